The number of nitrogens with one attached hydrogen (secondary N) is 1. The van der Waals surface area contributed by atoms with Gasteiger partial charge in [-0.15, -0.1) is 0 Å². The molecule has 0 spiro atoms. The van der Waals surface area contributed by atoms with Crippen molar-refractivity contribution in [3.63, 3.8) is 0 Å². The van der Waals surface area contributed by atoms with Crippen molar-refractivity contribution >= 4 is 37.5 Å². The highest BCUT2D eigenvalue weighted by Gasteiger charge is 2.26. The predicted molar refractivity (Wildman–Crippen MR) is 76.8 cm³/mol. The van der Waals surface area contributed by atoms with Gasteiger partial charge < -0.3 is 4.90 Å². The first-order valence-electron chi connectivity index (χ1n) is 5.53. The number of anilines is 1. The number of halogens is 1. The largest absolute Gasteiger partial charge is 0.315 e. The number of carbonyl (C=O) groups is 1. The molecule has 0 saturated carbocycles. The molecule has 1 aliphatic heterocycles. The van der Waals surface area contributed by atoms with Gasteiger partial charge in [0, 0.05) is 23.8 Å². The normalized spacial score (nSPS) is 14.6. The number of carbonyl (C=O) groups excluding carboxylic acids is 1. The summed E-state index contributed by atoms with van der Waals surface area (Å²) in [5.74, 6) is -0.0358. The van der Waals surface area contributed by atoms with Crippen LogP contribution in [0.25, 0.3) is 0 Å². The number of sulfonamides is 1. The molecule has 102 valence electrons. The summed E-state index contributed by atoms with van der Waals surface area (Å²) in [6, 6.07) is 4.68. The number of hydrogen-bond acceptors (Lipinski definition) is 3. The van der Waals surface area contributed by atoms with E-state index < -0.39 is 10.0 Å². The Morgan fingerprint density at radius 3 is 2.84 bits per heavy atom. The lowest BCUT2D eigenvalue weighted by molar-refractivity contribution is -0.117. The van der Waals surface area contributed by atoms with E-state index in [-0.39, 0.29) is 23.8 Å². The third kappa shape index (κ3) is 2.88. The Bertz CT molecular complexity index is 655. The van der Waals surface area contributed by atoms with Gasteiger partial charge in [0.15, 0.2) is 0 Å². The van der Waals surface area contributed by atoms with Gasteiger partial charge >= 0.3 is 0 Å². The van der Waals surface area contributed by atoms with Crippen LogP contribution >= 0.6 is 15.9 Å². The Morgan fingerprint density at radius 2 is 2.21 bits per heavy atom. The molecule has 0 aliphatic carbocycles. The highest BCUT2D eigenvalue weighted by molar-refractivity contribution is 9.11. The molecule has 7 heteroatoms. The van der Waals surface area contributed by atoms with E-state index in [9.17, 15) is 13.2 Å². The monoisotopic (exact) mass is 344 g/mol. The highest BCUT2D eigenvalue weighted by atomic mass is 79.9. The molecular weight excluding hydrogens is 332 g/mol. The molecule has 1 amide bonds. The topological polar surface area (TPSA) is 66.5 Å². The highest BCUT2D eigenvalue weighted by Crippen LogP contribution is 2.29. The number of likely N-dealkylation sites (N-methyl/N-ethyl adjacent to an activating group) is 1. The van der Waals surface area contributed by atoms with Crippen LogP contribution in [-0.4, -0.2) is 27.9 Å². The quantitative estimate of drug-likeness (QED) is 0.897. The zero-order valence-electron chi connectivity index (χ0n) is 10.3. The summed E-state index contributed by atoms with van der Waals surface area (Å²) in [6.07, 6.45) is 0.236. The minimum atomic E-state index is -3.58. The van der Waals surface area contributed by atoms with Crippen LogP contribution in [-0.2, 0) is 21.2 Å². The third-order valence-corrected chi connectivity index (χ3v) is 4.57. The molecular formula is C12H13BrN2O3S. The zero-order chi connectivity index (χ0) is 14.2. The van der Waals surface area contributed by atoms with E-state index in [0.29, 0.717) is 4.48 Å². The molecule has 1 aromatic rings. The summed E-state index contributed by atoms with van der Waals surface area (Å²) in [5.41, 5.74) is 1.49. The van der Waals surface area contributed by atoms with E-state index in [1.165, 1.54) is 17.0 Å². The molecule has 0 saturated heterocycles. The van der Waals surface area contributed by atoms with Gasteiger partial charge in [0.05, 0.1) is 11.3 Å². The van der Waals surface area contributed by atoms with Gasteiger partial charge in [-0.05, 0) is 23.8 Å². The van der Waals surface area contributed by atoms with Crippen molar-refractivity contribution in [2.75, 3.05) is 18.5 Å². The number of amides is 1. The minimum absolute atomic E-state index is 0.0358. The van der Waals surface area contributed by atoms with E-state index in [0.717, 1.165) is 11.3 Å². The van der Waals surface area contributed by atoms with Gasteiger partial charge in [0.1, 0.15) is 0 Å². The van der Waals surface area contributed by atoms with Crippen molar-refractivity contribution < 1.29 is 13.2 Å². The Balaban J connectivity index is 2.31. The fourth-order valence-corrected chi connectivity index (χ4v) is 3.27. The van der Waals surface area contributed by atoms with Crippen molar-refractivity contribution in [2.24, 2.45) is 0 Å². The van der Waals surface area contributed by atoms with Gasteiger partial charge in [-0.25, -0.2) is 13.1 Å². The Labute approximate surface area is 120 Å². The van der Waals surface area contributed by atoms with Gasteiger partial charge in [0.25, 0.3) is 0 Å². The summed E-state index contributed by atoms with van der Waals surface area (Å²) in [4.78, 5) is 13.2. The summed E-state index contributed by atoms with van der Waals surface area (Å²) in [5, 5.41) is 0. The van der Waals surface area contributed by atoms with Crippen molar-refractivity contribution in [1.82, 2.24) is 4.72 Å². The summed E-state index contributed by atoms with van der Waals surface area (Å²) in [6.45, 7) is 3.69. The molecule has 2 rings (SSSR count). The van der Waals surface area contributed by atoms with Crippen molar-refractivity contribution in [3.05, 3.63) is 34.8 Å². The number of fused-ring (bicyclic) bond motifs is 1. The summed E-state index contributed by atoms with van der Waals surface area (Å²) in [7, 11) is -1.91. The van der Waals surface area contributed by atoms with Crippen LogP contribution in [0.1, 0.15) is 5.56 Å². The molecule has 1 heterocycles. The van der Waals surface area contributed by atoms with Crippen LogP contribution < -0.4 is 9.62 Å². The van der Waals surface area contributed by atoms with Gasteiger partial charge in [-0.1, -0.05) is 22.5 Å². The lowest BCUT2D eigenvalue weighted by atomic mass is 10.2. The maximum Gasteiger partial charge on any atom is 0.240 e. The third-order valence-electron chi connectivity index (χ3n) is 2.89. The summed E-state index contributed by atoms with van der Waals surface area (Å²) >= 11 is 3.09. The Hall–Kier alpha value is -1.18. The lowest BCUT2D eigenvalue weighted by Gasteiger charge is -2.11. The number of nitrogens with zero attached hydrogens (tertiary/aromatic N) is 1. The Morgan fingerprint density at radius 1 is 1.53 bits per heavy atom. The first-order chi connectivity index (χ1) is 8.81. The predicted octanol–water partition coefficient (Wildman–Crippen LogP) is 1.39. The van der Waals surface area contributed by atoms with Gasteiger partial charge in [-0.2, -0.15) is 0 Å². The van der Waals surface area contributed by atoms with E-state index in [1.54, 1.807) is 13.1 Å². The number of hydrogen-bond donors (Lipinski definition) is 1. The first kappa shape index (κ1) is 14.2. The van der Waals surface area contributed by atoms with Crippen LogP contribution in [0.3, 0.4) is 0 Å². The summed E-state index contributed by atoms with van der Waals surface area (Å²) < 4.78 is 27.0. The minimum Gasteiger partial charge on any atom is -0.315 e. The van der Waals surface area contributed by atoms with Crippen molar-refractivity contribution in [3.8, 4) is 0 Å². The second-order valence-corrected chi connectivity index (χ2v) is 7.15. The molecule has 1 N–H and O–H groups in total. The van der Waals surface area contributed by atoms with Crippen LogP contribution in [0.2, 0.25) is 0 Å². The standard InChI is InChI=1S/C12H13BrN2O3S/c1-8(13)7-14-19(17,18)10-3-4-11-9(5-10)6-12(16)15(11)2/h3-5,14H,1,6-7H2,2H3. The van der Waals surface area contributed by atoms with Gasteiger partial charge in [-0.3, -0.25) is 4.79 Å². The fraction of sp³-hybridized carbons (Fsp3) is 0.250. The molecule has 0 fully saturated rings. The first-order valence-corrected chi connectivity index (χ1v) is 7.81. The number of rotatable bonds is 4. The molecule has 1 aromatic carbocycles. The molecule has 0 radical (unpaired) electrons. The van der Waals surface area contributed by atoms with Crippen molar-refractivity contribution in [2.45, 2.75) is 11.3 Å². The molecule has 5 nitrogen and oxygen atoms in total. The van der Waals surface area contributed by atoms with Crippen LogP contribution in [0.4, 0.5) is 5.69 Å². The van der Waals surface area contributed by atoms with Gasteiger partial charge in [0.2, 0.25) is 15.9 Å². The average molecular weight is 345 g/mol. The molecule has 0 unspecified atom stereocenters. The number of benzene rings is 1. The van der Waals surface area contributed by atoms with Crippen LogP contribution in [0.15, 0.2) is 34.2 Å². The lowest BCUT2D eigenvalue weighted by Crippen LogP contribution is -2.24. The van der Waals surface area contributed by atoms with Crippen molar-refractivity contribution in [1.29, 1.82) is 0 Å². The molecule has 19 heavy (non-hydrogen) atoms. The van der Waals surface area contributed by atoms with E-state index in [1.807, 2.05) is 0 Å². The van der Waals surface area contributed by atoms with E-state index in [2.05, 4.69) is 27.2 Å². The maximum atomic E-state index is 12.0. The molecule has 1 aliphatic rings. The van der Waals surface area contributed by atoms with E-state index >= 15 is 0 Å². The molecule has 0 atom stereocenters. The SMILES string of the molecule is C=C(Br)CNS(=O)(=O)c1ccc2c(c1)CC(=O)N2C. The zero-order valence-corrected chi connectivity index (χ0v) is 12.7. The smallest absolute Gasteiger partial charge is 0.240 e. The molecule has 0 bridgehead atoms. The average Bonchev–Trinajstić information content (AvgIpc) is 2.62. The van der Waals surface area contributed by atoms with Crippen LogP contribution in [0.5, 0.6) is 0 Å². The second kappa shape index (κ2) is 5.07. The van der Waals surface area contributed by atoms with Crippen LogP contribution in [0, 0.1) is 0 Å². The Kier molecular flexibility index (Phi) is 3.80. The molecule has 0 aromatic heterocycles. The van der Waals surface area contributed by atoms with E-state index in [4.69, 9.17) is 0 Å². The maximum absolute atomic E-state index is 12.0. The second-order valence-electron chi connectivity index (χ2n) is 4.26. The fourth-order valence-electron chi connectivity index (χ4n) is 1.87.